The van der Waals surface area contributed by atoms with Crippen molar-refractivity contribution >= 4 is 69.3 Å². The molecule has 0 aliphatic rings. The standard InChI is InChI=1S/C35H27ClFN3O3S/c1-22(33(41)39-27-15-14-23-8-5-6-11-25(23)20-27)44-28-18-16-26(17-19-28)38-35(43)32(21-29-30(36)12-7-13-31(29)37)40-34(42)24-9-3-2-4-10-24/h2-22H,1H3,(H,38,43)(H,39,41)(H,40,42)/b32-21-. The molecule has 5 aromatic rings. The molecule has 0 aliphatic carbocycles. The van der Waals surface area contributed by atoms with Crippen LogP contribution >= 0.6 is 23.4 Å². The van der Waals surface area contributed by atoms with E-state index in [4.69, 9.17) is 11.6 Å². The van der Waals surface area contributed by atoms with Crippen molar-refractivity contribution in [2.45, 2.75) is 17.1 Å². The molecule has 1 atom stereocenters. The van der Waals surface area contributed by atoms with Crippen LogP contribution in [0.25, 0.3) is 16.8 Å². The zero-order valence-electron chi connectivity index (χ0n) is 23.5. The molecule has 0 spiro atoms. The molecule has 3 N–H and O–H groups in total. The van der Waals surface area contributed by atoms with Crippen LogP contribution in [0.1, 0.15) is 22.8 Å². The zero-order valence-corrected chi connectivity index (χ0v) is 25.1. The molecule has 0 saturated carbocycles. The number of carbonyl (C=O) groups excluding carboxylic acids is 3. The second kappa shape index (κ2) is 14.0. The molecule has 0 bridgehead atoms. The van der Waals surface area contributed by atoms with E-state index < -0.39 is 22.9 Å². The van der Waals surface area contributed by atoms with Gasteiger partial charge in [0.25, 0.3) is 11.8 Å². The molecule has 1 unspecified atom stereocenters. The Labute approximate surface area is 263 Å². The number of rotatable bonds is 9. The quantitative estimate of drug-likeness (QED) is 0.114. The van der Waals surface area contributed by atoms with Crippen molar-refractivity contribution in [2.75, 3.05) is 10.6 Å². The van der Waals surface area contributed by atoms with Crippen LogP contribution in [-0.4, -0.2) is 23.0 Å². The Morgan fingerprint density at radius 1 is 0.773 bits per heavy atom. The lowest BCUT2D eigenvalue weighted by Gasteiger charge is -2.14. The van der Waals surface area contributed by atoms with Gasteiger partial charge in [-0.1, -0.05) is 66.2 Å². The number of hydrogen-bond acceptors (Lipinski definition) is 4. The number of anilines is 2. The maximum Gasteiger partial charge on any atom is 0.272 e. The number of carbonyl (C=O) groups is 3. The molecule has 220 valence electrons. The summed E-state index contributed by atoms with van der Waals surface area (Å²) < 4.78 is 14.5. The number of hydrogen-bond donors (Lipinski definition) is 3. The zero-order chi connectivity index (χ0) is 31.1. The first kappa shape index (κ1) is 30.5. The van der Waals surface area contributed by atoms with E-state index in [0.717, 1.165) is 21.4 Å². The van der Waals surface area contributed by atoms with Gasteiger partial charge in [0.1, 0.15) is 11.5 Å². The fourth-order valence-corrected chi connectivity index (χ4v) is 5.40. The highest BCUT2D eigenvalue weighted by Gasteiger charge is 2.18. The number of nitrogens with one attached hydrogen (secondary N) is 3. The van der Waals surface area contributed by atoms with Gasteiger partial charge >= 0.3 is 0 Å². The van der Waals surface area contributed by atoms with Crippen molar-refractivity contribution in [3.05, 3.63) is 143 Å². The number of benzene rings is 5. The van der Waals surface area contributed by atoms with Crippen molar-refractivity contribution in [1.82, 2.24) is 5.32 Å². The topological polar surface area (TPSA) is 87.3 Å². The molecule has 0 radical (unpaired) electrons. The van der Waals surface area contributed by atoms with Gasteiger partial charge in [-0.3, -0.25) is 14.4 Å². The van der Waals surface area contributed by atoms with E-state index in [1.807, 2.05) is 49.4 Å². The monoisotopic (exact) mass is 623 g/mol. The molecule has 0 saturated heterocycles. The third-order valence-electron chi connectivity index (χ3n) is 6.63. The highest BCUT2D eigenvalue weighted by Crippen LogP contribution is 2.27. The molecule has 0 fully saturated rings. The number of halogens is 2. The highest BCUT2D eigenvalue weighted by molar-refractivity contribution is 8.00. The molecular formula is C35H27ClFN3O3S. The Bertz CT molecular complexity index is 1840. The molecule has 0 heterocycles. The minimum Gasteiger partial charge on any atom is -0.325 e. The summed E-state index contributed by atoms with van der Waals surface area (Å²) >= 11 is 7.55. The lowest BCUT2D eigenvalue weighted by molar-refractivity contribution is -0.115. The maximum atomic E-state index is 14.5. The Hall–Kier alpha value is -4.92. The molecule has 9 heteroatoms. The molecule has 44 heavy (non-hydrogen) atoms. The lowest BCUT2D eigenvalue weighted by Crippen LogP contribution is -2.30. The van der Waals surface area contributed by atoms with E-state index in [1.165, 1.54) is 36.0 Å². The molecule has 3 amide bonds. The van der Waals surface area contributed by atoms with Crippen molar-refractivity contribution in [3.63, 3.8) is 0 Å². The minimum absolute atomic E-state index is 0.0321. The molecule has 0 aromatic heterocycles. The van der Waals surface area contributed by atoms with Gasteiger partial charge in [0.05, 0.1) is 10.3 Å². The van der Waals surface area contributed by atoms with E-state index in [2.05, 4.69) is 16.0 Å². The van der Waals surface area contributed by atoms with E-state index in [-0.39, 0.29) is 22.2 Å². The lowest BCUT2D eigenvalue weighted by atomic mass is 10.1. The summed E-state index contributed by atoms with van der Waals surface area (Å²) in [6.45, 7) is 1.82. The second-order valence-electron chi connectivity index (χ2n) is 9.80. The first-order valence-corrected chi connectivity index (χ1v) is 14.9. The van der Waals surface area contributed by atoms with Crippen molar-refractivity contribution in [1.29, 1.82) is 0 Å². The fourth-order valence-electron chi connectivity index (χ4n) is 4.32. The van der Waals surface area contributed by atoms with Crippen LogP contribution in [0.2, 0.25) is 5.02 Å². The Morgan fingerprint density at radius 3 is 2.18 bits per heavy atom. The number of fused-ring (bicyclic) bond motifs is 1. The summed E-state index contributed by atoms with van der Waals surface area (Å²) in [6.07, 6.45) is 1.20. The van der Waals surface area contributed by atoms with Crippen LogP contribution in [0.3, 0.4) is 0 Å². The molecule has 5 rings (SSSR count). The predicted octanol–water partition coefficient (Wildman–Crippen LogP) is 8.16. The van der Waals surface area contributed by atoms with Gasteiger partial charge in [-0.05, 0) is 84.4 Å². The largest absolute Gasteiger partial charge is 0.325 e. The van der Waals surface area contributed by atoms with Gasteiger partial charge in [0.2, 0.25) is 5.91 Å². The Balaban J connectivity index is 1.26. The Kier molecular flexibility index (Phi) is 9.74. The van der Waals surface area contributed by atoms with Crippen molar-refractivity contribution in [3.8, 4) is 0 Å². The van der Waals surface area contributed by atoms with Gasteiger partial charge < -0.3 is 16.0 Å². The van der Waals surface area contributed by atoms with Crippen LogP contribution < -0.4 is 16.0 Å². The van der Waals surface area contributed by atoms with Crippen LogP contribution in [0.5, 0.6) is 0 Å². The van der Waals surface area contributed by atoms with Crippen LogP contribution in [0, 0.1) is 5.82 Å². The SMILES string of the molecule is CC(Sc1ccc(NC(=O)/C(=C/c2c(F)cccc2Cl)NC(=O)c2ccccc2)cc1)C(=O)Nc1ccc2ccccc2c1. The number of amides is 3. The molecular weight excluding hydrogens is 597 g/mol. The van der Waals surface area contributed by atoms with Gasteiger partial charge in [0.15, 0.2) is 0 Å². The second-order valence-corrected chi connectivity index (χ2v) is 11.6. The van der Waals surface area contributed by atoms with Crippen LogP contribution in [0.4, 0.5) is 15.8 Å². The Morgan fingerprint density at radius 2 is 1.45 bits per heavy atom. The van der Waals surface area contributed by atoms with E-state index in [9.17, 15) is 18.8 Å². The van der Waals surface area contributed by atoms with Crippen molar-refractivity contribution < 1.29 is 18.8 Å². The summed E-state index contributed by atoms with van der Waals surface area (Å²) in [7, 11) is 0. The van der Waals surface area contributed by atoms with Crippen LogP contribution in [0.15, 0.2) is 126 Å². The first-order valence-electron chi connectivity index (χ1n) is 13.7. The smallest absolute Gasteiger partial charge is 0.272 e. The summed E-state index contributed by atoms with van der Waals surface area (Å²) in [5.41, 5.74) is 1.26. The first-order chi connectivity index (χ1) is 21.3. The van der Waals surface area contributed by atoms with E-state index >= 15 is 0 Å². The predicted molar refractivity (Wildman–Crippen MR) is 176 cm³/mol. The molecule has 5 aromatic carbocycles. The summed E-state index contributed by atoms with van der Waals surface area (Å²) in [5, 5.41) is 10.1. The van der Waals surface area contributed by atoms with E-state index in [1.54, 1.807) is 54.6 Å². The average molecular weight is 624 g/mol. The van der Waals surface area contributed by atoms with Gasteiger partial charge in [-0.25, -0.2) is 4.39 Å². The maximum absolute atomic E-state index is 14.5. The summed E-state index contributed by atoms with van der Waals surface area (Å²) in [5.74, 6) is -1.99. The highest BCUT2D eigenvalue weighted by atomic mass is 35.5. The van der Waals surface area contributed by atoms with Gasteiger partial charge in [-0.15, -0.1) is 11.8 Å². The normalized spacial score (nSPS) is 11.9. The van der Waals surface area contributed by atoms with Crippen LogP contribution in [-0.2, 0) is 9.59 Å². The third kappa shape index (κ3) is 7.72. The van der Waals surface area contributed by atoms with E-state index in [0.29, 0.717) is 11.3 Å². The molecule has 0 aliphatic heterocycles. The summed E-state index contributed by atoms with van der Waals surface area (Å²) in [4.78, 5) is 39.8. The molecule has 6 nitrogen and oxygen atoms in total. The average Bonchev–Trinajstić information content (AvgIpc) is 3.03. The number of thioether (sulfide) groups is 1. The van der Waals surface area contributed by atoms with Gasteiger partial charge in [-0.2, -0.15) is 0 Å². The summed E-state index contributed by atoms with van der Waals surface area (Å²) in [6, 6.07) is 33.1. The van der Waals surface area contributed by atoms with Crippen molar-refractivity contribution in [2.24, 2.45) is 0 Å². The van der Waals surface area contributed by atoms with Gasteiger partial charge in [0, 0.05) is 27.4 Å². The third-order valence-corrected chi connectivity index (χ3v) is 8.07. The fraction of sp³-hybridized carbons (Fsp3) is 0.0571. The minimum atomic E-state index is -0.669.